The van der Waals surface area contributed by atoms with Gasteiger partial charge in [0.25, 0.3) is 0 Å². The predicted molar refractivity (Wildman–Crippen MR) is 93.6 cm³/mol. The Morgan fingerprint density at radius 3 is 2.50 bits per heavy atom. The predicted octanol–water partition coefficient (Wildman–Crippen LogP) is 1.63. The van der Waals surface area contributed by atoms with Gasteiger partial charge in [0.2, 0.25) is 0 Å². The Hall–Kier alpha value is -2.45. The van der Waals surface area contributed by atoms with Crippen LogP contribution in [0, 0.1) is 5.82 Å². The lowest BCUT2D eigenvalue weighted by Gasteiger charge is -2.36. The van der Waals surface area contributed by atoms with Crippen LogP contribution >= 0.6 is 0 Å². The summed E-state index contributed by atoms with van der Waals surface area (Å²) in [6, 6.07) is 3.35. The number of rotatable bonds is 6. The van der Waals surface area contributed by atoms with E-state index in [1.807, 2.05) is 11.9 Å². The number of halogens is 1. The number of carboxylic acid groups (broad SMARTS) is 2. The SMILES string of the molecule is CN1CCN([C@H](C(=O)O)c2cn(CCC(=O)O)c3cc(F)ccc23)CC1. The van der Waals surface area contributed by atoms with Gasteiger partial charge in [-0.25, -0.2) is 4.39 Å². The Morgan fingerprint density at radius 2 is 1.88 bits per heavy atom. The molecule has 140 valence electrons. The molecule has 1 aromatic carbocycles. The minimum absolute atomic E-state index is 0.119. The molecule has 1 aromatic heterocycles. The summed E-state index contributed by atoms with van der Waals surface area (Å²) < 4.78 is 15.4. The van der Waals surface area contributed by atoms with Crippen molar-refractivity contribution in [1.82, 2.24) is 14.4 Å². The molecule has 0 aliphatic carbocycles. The van der Waals surface area contributed by atoms with Gasteiger partial charge in [0.05, 0.1) is 11.9 Å². The van der Waals surface area contributed by atoms with Crippen LogP contribution in [0.15, 0.2) is 24.4 Å². The van der Waals surface area contributed by atoms with Gasteiger partial charge in [0, 0.05) is 49.9 Å². The van der Waals surface area contributed by atoms with Crippen LogP contribution in [0.2, 0.25) is 0 Å². The number of carboxylic acids is 2. The number of aromatic nitrogens is 1. The van der Waals surface area contributed by atoms with Crippen LogP contribution in [0.4, 0.5) is 4.39 Å². The minimum atomic E-state index is -0.962. The summed E-state index contributed by atoms with van der Waals surface area (Å²) in [5.41, 5.74) is 1.09. The van der Waals surface area contributed by atoms with Crippen molar-refractivity contribution in [3.8, 4) is 0 Å². The van der Waals surface area contributed by atoms with Crippen LogP contribution < -0.4 is 0 Å². The highest BCUT2D eigenvalue weighted by Crippen LogP contribution is 2.32. The molecular formula is C18H22FN3O4. The fourth-order valence-electron chi connectivity index (χ4n) is 3.48. The molecule has 0 unspecified atom stereocenters. The molecule has 1 atom stereocenters. The van der Waals surface area contributed by atoms with E-state index in [-0.39, 0.29) is 13.0 Å². The second-order valence-corrected chi connectivity index (χ2v) is 6.66. The zero-order valence-corrected chi connectivity index (χ0v) is 14.6. The second kappa shape index (κ2) is 7.43. The highest BCUT2D eigenvalue weighted by atomic mass is 19.1. The first-order valence-electron chi connectivity index (χ1n) is 8.52. The number of nitrogens with zero attached hydrogens (tertiary/aromatic N) is 3. The molecule has 0 saturated carbocycles. The van der Waals surface area contributed by atoms with E-state index in [0.29, 0.717) is 29.6 Å². The van der Waals surface area contributed by atoms with Gasteiger partial charge in [0.1, 0.15) is 11.9 Å². The topological polar surface area (TPSA) is 86.0 Å². The summed E-state index contributed by atoms with van der Waals surface area (Å²) in [6.07, 6.45) is 1.54. The summed E-state index contributed by atoms with van der Waals surface area (Å²) in [5, 5.41) is 19.4. The molecule has 0 radical (unpaired) electrons. The number of likely N-dealkylation sites (N-methyl/N-ethyl adjacent to an activating group) is 1. The third-order valence-corrected chi connectivity index (χ3v) is 4.87. The summed E-state index contributed by atoms with van der Waals surface area (Å²) in [4.78, 5) is 27.0. The number of benzene rings is 1. The van der Waals surface area contributed by atoms with Crippen molar-refractivity contribution >= 4 is 22.8 Å². The Kier molecular flexibility index (Phi) is 5.24. The zero-order valence-electron chi connectivity index (χ0n) is 14.6. The lowest BCUT2D eigenvalue weighted by molar-refractivity contribution is -0.144. The molecule has 1 fully saturated rings. The monoisotopic (exact) mass is 363 g/mol. The molecule has 26 heavy (non-hydrogen) atoms. The number of aryl methyl sites for hydroxylation is 1. The number of hydrogen-bond acceptors (Lipinski definition) is 4. The average Bonchev–Trinajstić information content (AvgIpc) is 2.92. The van der Waals surface area contributed by atoms with Crippen molar-refractivity contribution in [2.24, 2.45) is 0 Å². The van der Waals surface area contributed by atoms with E-state index in [2.05, 4.69) is 4.90 Å². The summed E-state index contributed by atoms with van der Waals surface area (Å²) in [5.74, 6) is -2.36. The maximum Gasteiger partial charge on any atom is 0.325 e. The number of piperazine rings is 1. The third kappa shape index (κ3) is 3.71. The van der Waals surface area contributed by atoms with E-state index in [9.17, 15) is 19.1 Å². The number of hydrogen-bond donors (Lipinski definition) is 2. The summed E-state index contributed by atoms with van der Waals surface area (Å²) in [7, 11) is 1.99. The maximum absolute atomic E-state index is 13.7. The van der Waals surface area contributed by atoms with Crippen molar-refractivity contribution in [3.63, 3.8) is 0 Å². The van der Waals surface area contributed by atoms with Gasteiger partial charge in [-0.2, -0.15) is 0 Å². The van der Waals surface area contributed by atoms with Crippen LogP contribution in [0.5, 0.6) is 0 Å². The van der Waals surface area contributed by atoms with E-state index in [1.54, 1.807) is 16.8 Å². The van der Waals surface area contributed by atoms with Crippen LogP contribution in [0.25, 0.3) is 10.9 Å². The van der Waals surface area contributed by atoms with Gasteiger partial charge >= 0.3 is 11.9 Å². The lowest BCUT2D eigenvalue weighted by Crippen LogP contribution is -2.47. The maximum atomic E-state index is 13.7. The van der Waals surface area contributed by atoms with Crippen molar-refractivity contribution in [2.45, 2.75) is 19.0 Å². The molecule has 3 rings (SSSR count). The van der Waals surface area contributed by atoms with Gasteiger partial charge in [-0.3, -0.25) is 14.5 Å². The number of fused-ring (bicyclic) bond motifs is 1. The first-order chi connectivity index (χ1) is 12.4. The van der Waals surface area contributed by atoms with E-state index in [1.165, 1.54) is 12.1 Å². The van der Waals surface area contributed by atoms with Crippen molar-refractivity contribution < 1.29 is 24.2 Å². The van der Waals surface area contributed by atoms with Gasteiger partial charge in [-0.05, 0) is 25.2 Å². The Balaban J connectivity index is 2.03. The normalized spacial score (nSPS) is 17.5. The molecule has 8 heteroatoms. The average molecular weight is 363 g/mol. The van der Waals surface area contributed by atoms with E-state index >= 15 is 0 Å². The van der Waals surface area contributed by atoms with Crippen molar-refractivity contribution in [3.05, 3.63) is 35.8 Å². The number of aliphatic carboxylic acids is 2. The first-order valence-corrected chi connectivity index (χ1v) is 8.52. The largest absolute Gasteiger partial charge is 0.481 e. The second-order valence-electron chi connectivity index (χ2n) is 6.66. The van der Waals surface area contributed by atoms with Gasteiger partial charge in [-0.1, -0.05) is 0 Å². The molecular weight excluding hydrogens is 341 g/mol. The molecule has 0 spiro atoms. The van der Waals surface area contributed by atoms with Gasteiger partial charge < -0.3 is 19.7 Å². The Bertz CT molecular complexity index is 827. The number of carbonyl (C=O) groups is 2. The van der Waals surface area contributed by atoms with Gasteiger partial charge in [-0.15, -0.1) is 0 Å². The van der Waals surface area contributed by atoms with Crippen LogP contribution in [0.1, 0.15) is 18.0 Å². The van der Waals surface area contributed by atoms with Gasteiger partial charge in [0.15, 0.2) is 0 Å². The van der Waals surface area contributed by atoms with Crippen LogP contribution in [-0.4, -0.2) is 69.7 Å². The smallest absolute Gasteiger partial charge is 0.325 e. The molecule has 2 aromatic rings. The summed E-state index contributed by atoms with van der Waals surface area (Å²) in [6.45, 7) is 2.95. The first kappa shape index (κ1) is 18.3. The molecule has 1 aliphatic rings. The van der Waals surface area contributed by atoms with E-state index in [0.717, 1.165) is 13.1 Å². The summed E-state index contributed by atoms with van der Waals surface area (Å²) >= 11 is 0. The Morgan fingerprint density at radius 1 is 1.19 bits per heavy atom. The van der Waals surface area contributed by atoms with Crippen molar-refractivity contribution in [1.29, 1.82) is 0 Å². The molecule has 2 N–H and O–H groups in total. The van der Waals surface area contributed by atoms with Crippen LogP contribution in [0.3, 0.4) is 0 Å². The van der Waals surface area contributed by atoms with E-state index in [4.69, 9.17) is 5.11 Å². The molecule has 2 heterocycles. The highest BCUT2D eigenvalue weighted by molar-refractivity contribution is 5.90. The molecule has 0 bridgehead atoms. The van der Waals surface area contributed by atoms with Crippen LogP contribution in [-0.2, 0) is 16.1 Å². The molecule has 0 amide bonds. The molecule has 1 saturated heterocycles. The third-order valence-electron chi connectivity index (χ3n) is 4.87. The Labute approximate surface area is 150 Å². The van der Waals surface area contributed by atoms with E-state index < -0.39 is 23.8 Å². The minimum Gasteiger partial charge on any atom is -0.481 e. The lowest BCUT2D eigenvalue weighted by atomic mass is 10.0. The fourth-order valence-corrected chi connectivity index (χ4v) is 3.48. The molecule has 7 nitrogen and oxygen atoms in total. The zero-order chi connectivity index (χ0) is 18.8. The highest BCUT2D eigenvalue weighted by Gasteiger charge is 2.32. The quantitative estimate of drug-likeness (QED) is 0.811. The molecule has 1 aliphatic heterocycles. The van der Waals surface area contributed by atoms with Crippen molar-refractivity contribution in [2.75, 3.05) is 33.2 Å². The standard InChI is InChI=1S/C18H22FN3O4/c1-20-6-8-21(9-7-20)17(18(25)26)14-11-22(5-4-16(23)24)15-10-12(19)2-3-13(14)15/h2-3,10-11,17H,4-9H2,1H3,(H,23,24)(H,25,26)/t17-/m0/s1. The fraction of sp³-hybridized carbons (Fsp3) is 0.444.